The minimum Gasteiger partial charge on any atom is -0.463 e. The predicted molar refractivity (Wildman–Crippen MR) is 122 cm³/mol. The van der Waals surface area contributed by atoms with Gasteiger partial charge in [0.1, 0.15) is 18.8 Å². The third-order valence-electron chi connectivity index (χ3n) is 9.86. The molecule has 11 atom stereocenters. The second-order valence-corrected chi connectivity index (χ2v) is 12.0. The summed E-state index contributed by atoms with van der Waals surface area (Å²) in [6.45, 7) is 9.89. The Bertz CT molecular complexity index is 1140. The second kappa shape index (κ2) is 7.40. The molecule has 1 aliphatic heterocycles. The zero-order chi connectivity index (χ0) is 27.7. The summed E-state index contributed by atoms with van der Waals surface area (Å²) in [6.07, 6.45) is -2.50. The van der Waals surface area contributed by atoms with E-state index >= 15 is 0 Å². The first-order valence-corrected chi connectivity index (χ1v) is 12.5. The highest BCUT2D eigenvalue weighted by Gasteiger charge is 2.93. The fraction of sp³-hybridized carbons (Fsp3) is 0.769. The molecule has 0 radical (unpaired) electrons. The summed E-state index contributed by atoms with van der Waals surface area (Å²) in [5.74, 6) is -6.54. The molecule has 3 N–H and O–H groups in total. The molecule has 1 saturated heterocycles. The molecular formula is C26H34O11. The maximum Gasteiger partial charge on any atom is 0.303 e. The predicted octanol–water partition coefficient (Wildman–Crippen LogP) is -0.175. The van der Waals surface area contributed by atoms with Crippen molar-refractivity contribution in [3.8, 4) is 0 Å². The first-order chi connectivity index (χ1) is 17.0. The van der Waals surface area contributed by atoms with Crippen molar-refractivity contribution in [2.75, 3.05) is 6.61 Å². The van der Waals surface area contributed by atoms with E-state index in [2.05, 4.69) is 0 Å². The number of fused-ring (bicyclic) bond motifs is 7. The van der Waals surface area contributed by atoms with E-state index in [4.69, 9.17) is 18.9 Å². The van der Waals surface area contributed by atoms with Crippen LogP contribution in [0.5, 0.6) is 0 Å². The number of esters is 3. The molecule has 11 unspecified atom stereocenters. The molecule has 5 rings (SSSR count). The molecule has 11 nitrogen and oxygen atoms in total. The Kier molecular flexibility index (Phi) is 5.25. The molecule has 0 aromatic rings. The summed E-state index contributed by atoms with van der Waals surface area (Å²) in [5.41, 5.74) is -8.17. The van der Waals surface area contributed by atoms with Crippen molar-refractivity contribution in [3.63, 3.8) is 0 Å². The van der Waals surface area contributed by atoms with Crippen LogP contribution in [0.1, 0.15) is 48.5 Å². The number of rotatable bonds is 4. The molecule has 4 fully saturated rings. The lowest BCUT2D eigenvalue weighted by molar-refractivity contribution is -0.244. The van der Waals surface area contributed by atoms with Gasteiger partial charge in [-0.2, -0.15) is 0 Å². The average Bonchev–Trinajstić information content (AvgIpc) is 3.60. The third kappa shape index (κ3) is 2.86. The van der Waals surface area contributed by atoms with E-state index in [0.29, 0.717) is 0 Å². The number of hydrogen-bond donors (Lipinski definition) is 3. The van der Waals surface area contributed by atoms with Crippen LogP contribution in [0.25, 0.3) is 0 Å². The van der Waals surface area contributed by atoms with Crippen LogP contribution in [0, 0.1) is 29.1 Å². The normalized spacial score (nSPS) is 50.3. The maximum absolute atomic E-state index is 13.4. The number of aliphatic hydroxyl groups is 3. The molecule has 5 aliphatic rings. The van der Waals surface area contributed by atoms with E-state index in [0.717, 1.165) is 0 Å². The Hall–Kier alpha value is -2.34. The van der Waals surface area contributed by atoms with Crippen molar-refractivity contribution in [1.29, 1.82) is 0 Å². The lowest BCUT2D eigenvalue weighted by atomic mass is 9.58. The van der Waals surface area contributed by atoms with Crippen LogP contribution in [-0.4, -0.2) is 86.3 Å². The zero-order valence-electron chi connectivity index (χ0n) is 21.9. The van der Waals surface area contributed by atoms with E-state index in [9.17, 15) is 34.5 Å². The minimum absolute atomic E-state index is 0.142. The van der Waals surface area contributed by atoms with Crippen LogP contribution in [0.15, 0.2) is 11.6 Å². The molecule has 37 heavy (non-hydrogen) atoms. The van der Waals surface area contributed by atoms with Gasteiger partial charge < -0.3 is 34.3 Å². The summed E-state index contributed by atoms with van der Waals surface area (Å²) in [7, 11) is 0. The van der Waals surface area contributed by atoms with Crippen LogP contribution in [0.2, 0.25) is 0 Å². The van der Waals surface area contributed by atoms with Gasteiger partial charge in [-0.3, -0.25) is 19.2 Å². The van der Waals surface area contributed by atoms with E-state index in [1.807, 2.05) is 13.8 Å². The van der Waals surface area contributed by atoms with E-state index < -0.39 is 100 Å². The number of aliphatic hydroxyl groups excluding tert-OH is 1. The topological polar surface area (TPSA) is 169 Å². The third-order valence-corrected chi connectivity index (χ3v) is 9.86. The maximum atomic E-state index is 13.4. The SMILES string of the molecule is CC(=O)OCC12OC1C1C3C(C)(C)C3(OC(C)=O)C(OC(C)=O)C(C)C1(O)C1C=C(C)C(=O)C1(O)C2O. The lowest BCUT2D eigenvalue weighted by Gasteiger charge is -2.53. The van der Waals surface area contributed by atoms with Gasteiger partial charge in [-0.05, 0) is 12.5 Å². The highest BCUT2D eigenvalue weighted by atomic mass is 16.7. The van der Waals surface area contributed by atoms with Crippen molar-refractivity contribution in [3.05, 3.63) is 11.6 Å². The van der Waals surface area contributed by atoms with Crippen molar-refractivity contribution in [2.24, 2.45) is 29.1 Å². The number of carbonyl (C=O) groups is 4. The van der Waals surface area contributed by atoms with Crippen LogP contribution in [-0.2, 0) is 38.1 Å². The number of Topliss-reactive ketones (excluding diaryl/α,β-unsaturated/α-hetero) is 1. The molecule has 11 heteroatoms. The first-order valence-electron chi connectivity index (χ1n) is 12.5. The fourth-order valence-corrected chi connectivity index (χ4v) is 8.28. The van der Waals surface area contributed by atoms with Gasteiger partial charge in [0.15, 0.2) is 22.6 Å². The standard InChI is InChI=1S/C26H34O11/c1-10-8-15-24(32)11(2)19(35-13(4)28)26(36-14(5)29)17(22(26,6)7)16(24)20-23(37-20,9-34-12(3)27)21(31)25(15,33)18(10)30/h8,11,15-17,19-21,31-33H,9H2,1-7H3. The highest BCUT2D eigenvalue weighted by molar-refractivity contribution is 6.05. The van der Waals surface area contributed by atoms with Crippen molar-refractivity contribution in [1.82, 2.24) is 0 Å². The van der Waals surface area contributed by atoms with Crippen LogP contribution < -0.4 is 0 Å². The van der Waals surface area contributed by atoms with Crippen molar-refractivity contribution < 1.29 is 53.4 Å². The number of ketones is 1. The smallest absolute Gasteiger partial charge is 0.303 e. The van der Waals surface area contributed by atoms with E-state index in [1.54, 1.807) is 6.92 Å². The quantitative estimate of drug-likeness (QED) is 0.254. The minimum atomic E-state index is -2.50. The highest BCUT2D eigenvalue weighted by Crippen LogP contribution is 2.79. The molecule has 0 bridgehead atoms. The average molecular weight is 523 g/mol. The largest absolute Gasteiger partial charge is 0.463 e. The van der Waals surface area contributed by atoms with Gasteiger partial charge in [0, 0.05) is 49.9 Å². The Morgan fingerprint density at radius 3 is 2.24 bits per heavy atom. The molecule has 0 aromatic carbocycles. The molecule has 0 aromatic heterocycles. The summed E-state index contributed by atoms with van der Waals surface area (Å²) < 4.78 is 22.9. The Morgan fingerprint density at radius 1 is 1.08 bits per heavy atom. The molecule has 4 aliphatic carbocycles. The van der Waals surface area contributed by atoms with E-state index in [1.165, 1.54) is 33.8 Å². The zero-order valence-corrected chi connectivity index (χ0v) is 21.9. The monoisotopic (exact) mass is 522 g/mol. The van der Waals surface area contributed by atoms with Crippen LogP contribution >= 0.6 is 0 Å². The lowest BCUT2D eigenvalue weighted by Crippen LogP contribution is -2.69. The van der Waals surface area contributed by atoms with Gasteiger partial charge in [-0.25, -0.2) is 0 Å². The molecule has 3 saturated carbocycles. The van der Waals surface area contributed by atoms with E-state index in [-0.39, 0.29) is 5.57 Å². The Morgan fingerprint density at radius 2 is 1.70 bits per heavy atom. The van der Waals surface area contributed by atoms with Crippen LogP contribution in [0.3, 0.4) is 0 Å². The molecule has 0 spiro atoms. The second-order valence-electron chi connectivity index (χ2n) is 12.0. The van der Waals surface area contributed by atoms with Crippen LogP contribution in [0.4, 0.5) is 0 Å². The van der Waals surface area contributed by atoms with Crippen molar-refractivity contribution >= 4 is 23.7 Å². The molecule has 1 heterocycles. The van der Waals surface area contributed by atoms with Crippen molar-refractivity contribution in [2.45, 2.75) is 89.2 Å². The van der Waals surface area contributed by atoms with Gasteiger partial charge in [0.25, 0.3) is 0 Å². The summed E-state index contributed by atoms with van der Waals surface area (Å²) in [5, 5.41) is 36.2. The van der Waals surface area contributed by atoms with Gasteiger partial charge >= 0.3 is 17.9 Å². The molecule has 0 amide bonds. The van der Waals surface area contributed by atoms with Gasteiger partial charge in [0.05, 0.1) is 11.7 Å². The number of epoxide rings is 1. The number of hydrogen-bond acceptors (Lipinski definition) is 11. The fourth-order valence-electron chi connectivity index (χ4n) is 8.28. The van der Waals surface area contributed by atoms with Gasteiger partial charge in [0.2, 0.25) is 0 Å². The number of ether oxygens (including phenoxy) is 4. The summed E-state index contributed by atoms with van der Waals surface area (Å²) in [4.78, 5) is 49.6. The number of carbonyl (C=O) groups excluding carboxylic acids is 4. The summed E-state index contributed by atoms with van der Waals surface area (Å²) in [6, 6.07) is 0. The van der Waals surface area contributed by atoms with Gasteiger partial charge in [-0.1, -0.05) is 26.8 Å². The first kappa shape index (κ1) is 26.3. The Labute approximate surface area is 214 Å². The van der Waals surface area contributed by atoms with Gasteiger partial charge in [-0.15, -0.1) is 0 Å². The molecule has 204 valence electrons. The Balaban J connectivity index is 1.75. The molecular weight excluding hydrogens is 488 g/mol. The summed E-state index contributed by atoms with van der Waals surface area (Å²) >= 11 is 0.